The summed E-state index contributed by atoms with van der Waals surface area (Å²) in [6.07, 6.45) is 5.40. The van der Waals surface area contributed by atoms with Gasteiger partial charge in [-0.15, -0.1) is 11.3 Å². The van der Waals surface area contributed by atoms with Gasteiger partial charge in [0.05, 0.1) is 12.7 Å². The third kappa shape index (κ3) is 5.49. The molecule has 4 rings (SSSR count). The van der Waals surface area contributed by atoms with Gasteiger partial charge in [0.25, 0.3) is 0 Å². The predicted octanol–water partition coefficient (Wildman–Crippen LogP) is 3.93. The molecule has 2 atom stereocenters. The molecule has 0 bridgehead atoms. The second-order valence-corrected chi connectivity index (χ2v) is 9.52. The van der Waals surface area contributed by atoms with Gasteiger partial charge >= 0.3 is 0 Å². The first-order chi connectivity index (χ1) is 14.6. The van der Waals surface area contributed by atoms with Gasteiger partial charge in [-0.1, -0.05) is 36.4 Å². The Morgan fingerprint density at radius 3 is 2.83 bits per heavy atom. The monoisotopic (exact) mass is 426 g/mol. The Hall–Kier alpha value is -2.18. The maximum atomic E-state index is 13.0. The Bertz CT molecular complexity index is 839. The van der Waals surface area contributed by atoms with Gasteiger partial charge < -0.3 is 15.0 Å². The van der Waals surface area contributed by atoms with Gasteiger partial charge in [0, 0.05) is 42.8 Å². The topological polar surface area (TPSA) is 58.6 Å². The highest BCUT2D eigenvalue weighted by Crippen LogP contribution is 2.31. The molecule has 2 aliphatic rings. The van der Waals surface area contributed by atoms with Crippen LogP contribution in [0.15, 0.2) is 47.8 Å². The lowest BCUT2D eigenvalue weighted by Crippen LogP contribution is -2.46. The number of piperidine rings is 1. The van der Waals surface area contributed by atoms with E-state index in [2.05, 4.69) is 28.9 Å². The van der Waals surface area contributed by atoms with Gasteiger partial charge in [-0.05, 0) is 42.7 Å². The summed E-state index contributed by atoms with van der Waals surface area (Å²) in [5.74, 6) is 0.279. The molecule has 5 nitrogen and oxygen atoms in total. The van der Waals surface area contributed by atoms with Crippen molar-refractivity contribution in [3.8, 4) is 0 Å². The van der Waals surface area contributed by atoms with Crippen LogP contribution in [0, 0.1) is 0 Å². The third-order valence-corrected chi connectivity index (χ3v) is 7.08. The molecule has 2 saturated heterocycles. The maximum Gasteiger partial charge on any atom is 0.222 e. The lowest BCUT2D eigenvalue weighted by atomic mass is 9.87. The lowest BCUT2D eigenvalue weighted by Gasteiger charge is -2.34. The molecule has 6 heteroatoms. The van der Waals surface area contributed by atoms with E-state index in [-0.39, 0.29) is 23.5 Å². The normalized spacial score (nSPS) is 24.1. The van der Waals surface area contributed by atoms with E-state index in [0.717, 1.165) is 37.8 Å². The van der Waals surface area contributed by atoms with E-state index in [1.165, 1.54) is 4.88 Å². The van der Waals surface area contributed by atoms with Crippen molar-refractivity contribution in [3.05, 3.63) is 58.3 Å². The third-order valence-electron chi connectivity index (χ3n) is 6.20. The molecule has 0 unspecified atom stereocenters. The van der Waals surface area contributed by atoms with Crippen molar-refractivity contribution in [1.82, 2.24) is 10.2 Å². The van der Waals surface area contributed by atoms with Crippen molar-refractivity contribution in [2.75, 3.05) is 13.1 Å². The Balaban J connectivity index is 1.29. The summed E-state index contributed by atoms with van der Waals surface area (Å²) in [4.78, 5) is 28.1. The number of likely N-dealkylation sites (tertiary alicyclic amines) is 1. The quantitative estimate of drug-likeness (QED) is 0.696. The van der Waals surface area contributed by atoms with Crippen LogP contribution in [0.5, 0.6) is 0 Å². The number of benzene rings is 1. The Kier molecular flexibility index (Phi) is 6.85. The van der Waals surface area contributed by atoms with Crippen molar-refractivity contribution >= 4 is 23.2 Å². The van der Waals surface area contributed by atoms with Crippen LogP contribution >= 0.6 is 11.3 Å². The van der Waals surface area contributed by atoms with Crippen LogP contribution in [-0.2, 0) is 27.4 Å². The molecule has 2 aliphatic heterocycles. The number of amides is 2. The molecule has 0 radical (unpaired) electrons. The number of hydrogen-bond acceptors (Lipinski definition) is 4. The number of rotatable bonds is 8. The molecule has 3 heterocycles. The zero-order valence-electron chi connectivity index (χ0n) is 17.3. The van der Waals surface area contributed by atoms with Crippen LogP contribution < -0.4 is 5.32 Å². The average Bonchev–Trinajstić information content (AvgIpc) is 3.41. The van der Waals surface area contributed by atoms with Crippen LogP contribution in [0.1, 0.15) is 49.0 Å². The van der Waals surface area contributed by atoms with Gasteiger partial charge in [-0.2, -0.15) is 0 Å². The standard InChI is InChI=1S/C24H30N2O3S/c27-22-10-12-24(25-22,16-21-9-5-15-30-21)13-11-23(28)26-14-4-8-20(17-26)29-18-19-6-2-1-3-7-19/h1-3,5-7,9,15,20H,4,8,10-14,16-18H2,(H,25,27)/t20-,24-/m1/s1. The number of nitrogens with zero attached hydrogens (tertiary/aromatic N) is 1. The molecule has 2 amide bonds. The van der Waals surface area contributed by atoms with E-state index in [1.807, 2.05) is 29.2 Å². The molecule has 0 spiro atoms. The molecule has 0 aliphatic carbocycles. The molecule has 160 valence electrons. The maximum absolute atomic E-state index is 13.0. The second kappa shape index (κ2) is 9.75. The van der Waals surface area contributed by atoms with E-state index in [1.54, 1.807) is 11.3 Å². The molecule has 1 N–H and O–H groups in total. The van der Waals surface area contributed by atoms with Crippen molar-refractivity contribution in [2.45, 2.75) is 63.2 Å². The van der Waals surface area contributed by atoms with Gasteiger partial charge in [0.1, 0.15) is 0 Å². The fraction of sp³-hybridized carbons (Fsp3) is 0.500. The number of hydrogen-bond donors (Lipinski definition) is 1. The lowest BCUT2D eigenvalue weighted by molar-refractivity contribution is -0.136. The summed E-state index contributed by atoms with van der Waals surface area (Å²) in [5, 5.41) is 5.25. The van der Waals surface area contributed by atoms with Crippen LogP contribution in [0.2, 0.25) is 0 Å². The number of carbonyl (C=O) groups excluding carboxylic acids is 2. The first-order valence-electron chi connectivity index (χ1n) is 10.9. The van der Waals surface area contributed by atoms with Crippen molar-refractivity contribution < 1.29 is 14.3 Å². The minimum atomic E-state index is -0.281. The largest absolute Gasteiger partial charge is 0.372 e. The SMILES string of the molecule is O=C1CC[C@@](CCC(=O)N2CCC[C@@H](OCc3ccccc3)C2)(Cc2cccs2)N1. The summed E-state index contributed by atoms with van der Waals surface area (Å²) in [6.45, 7) is 2.05. The fourth-order valence-corrected chi connectivity index (χ4v) is 5.37. The van der Waals surface area contributed by atoms with E-state index in [0.29, 0.717) is 32.4 Å². The molecule has 2 fully saturated rings. The number of ether oxygens (including phenoxy) is 1. The summed E-state index contributed by atoms with van der Waals surface area (Å²) in [6, 6.07) is 14.3. The highest BCUT2D eigenvalue weighted by molar-refractivity contribution is 7.09. The first kappa shape index (κ1) is 21.1. The Labute approximate surface area is 182 Å². The van der Waals surface area contributed by atoms with Crippen molar-refractivity contribution in [3.63, 3.8) is 0 Å². The number of thiophene rings is 1. The zero-order valence-corrected chi connectivity index (χ0v) is 18.2. The Morgan fingerprint density at radius 1 is 1.23 bits per heavy atom. The zero-order chi connectivity index (χ0) is 20.8. The van der Waals surface area contributed by atoms with E-state index in [4.69, 9.17) is 4.74 Å². The molecule has 30 heavy (non-hydrogen) atoms. The molecular formula is C24H30N2O3S. The van der Waals surface area contributed by atoms with E-state index in [9.17, 15) is 9.59 Å². The van der Waals surface area contributed by atoms with Gasteiger partial charge in [0.2, 0.25) is 11.8 Å². The number of carbonyl (C=O) groups is 2. The van der Waals surface area contributed by atoms with Crippen molar-refractivity contribution in [2.24, 2.45) is 0 Å². The molecule has 0 saturated carbocycles. The highest BCUT2D eigenvalue weighted by Gasteiger charge is 2.38. The Morgan fingerprint density at radius 2 is 2.10 bits per heavy atom. The molecule has 1 aromatic carbocycles. The van der Waals surface area contributed by atoms with Gasteiger partial charge in [-0.25, -0.2) is 0 Å². The average molecular weight is 427 g/mol. The highest BCUT2D eigenvalue weighted by atomic mass is 32.1. The fourth-order valence-electron chi connectivity index (χ4n) is 4.52. The second-order valence-electron chi connectivity index (χ2n) is 8.49. The minimum Gasteiger partial charge on any atom is -0.372 e. The van der Waals surface area contributed by atoms with Crippen LogP contribution in [0.3, 0.4) is 0 Å². The van der Waals surface area contributed by atoms with E-state index < -0.39 is 0 Å². The van der Waals surface area contributed by atoms with Crippen LogP contribution in [0.4, 0.5) is 0 Å². The molecule has 1 aromatic heterocycles. The molecule has 2 aromatic rings. The summed E-state index contributed by atoms with van der Waals surface area (Å²) in [7, 11) is 0. The first-order valence-corrected chi connectivity index (χ1v) is 11.8. The van der Waals surface area contributed by atoms with E-state index >= 15 is 0 Å². The van der Waals surface area contributed by atoms with Gasteiger partial charge in [0.15, 0.2) is 0 Å². The molecular weight excluding hydrogens is 396 g/mol. The van der Waals surface area contributed by atoms with Crippen molar-refractivity contribution in [1.29, 1.82) is 0 Å². The predicted molar refractivity (Wildman–Crippen MR) is 118 cm³/mol. The summed E-state index contributed by atoms with van der Waals surface area (Å²) >= 11 is 1.71. The van der Waals surface area contributed by atoms with Gasteiger partial charge in [-0.3, -0.25) is 9.59 Å². The number of nitrogens with one attached hydrogen (secondary N) is 1. The minimum absolute atomic E-state index is 0.0918. The summed E-state index contributed by atoms with van der Waals surface area (Å²) < 4.78 is 6.08. The summed E-state index contributed by atoms with van der Waals surface area (Å²) in [5.41, 5.74) is 0.879. The van der Waals surface area contributed by atoms with Crippen LogP contribution in [0.25, 0.3) is 0 Å². The van der Waals surface area contributed by atoms with Crippen LogP contribution in [-0.4, -0.2) is 41.4 Å². The smallest absolute Gasteiger partial charge is 0.222 e.